The van der Waals surface area contributed by atoms with Crippen LogP contribution in [-0.4, -0.2) is 5.91 Å². The molecule has 2 aromatic rings. The molecule has 23 heavy (non-hydrogen) atoms. The highest BCUT2D eigenvalue weighted by Gasteiger charge is 2.31. The molecule has 7 heteroatoms. The van der Waals surface area contributed by atoms with E-state index in [1.807, 2.05) is 0 Å². The fraction of sp³-hybridized carbons (Fsp3) is 0.0625. The Labute approximate surface area is 134 Å². The highest BCUT2D eigenvalue weighted by Crippen LogP contribution is 2.33. The van der Waals surface area contributed by atoms with E-state index in [4.69, 9.17) is 11.6 Å². The van der Waals surface area contributed by atoms with Crippen LogP contribution in [0.5, 0.6) is 0 Å². The molecule has 120 valence electrons. The maximum Gasteiger partial charge on any atom is 0.416 e. The molecule has 0 aliphatic heterocycles. The van der Waals surface area contributed by atoms with Crippen molar-refractivity contribution >= 4 is 29.3 Å². The lowest BCUT2D eigenvalue weighted by Crippen LogP contribution is -2.11. The van der Waals surface area contributed by atoms with Gasteiger partial charge in [-0.2, -0.15) is 13.2 Å². The molecule has 0 aliphatic rings. The number of carbonyl (C=O) groups is 1. The highest BCUT2D eigenvalue weighted by atomic mass is 35.5. The molecule has 0 radical (unpaired) electrons. The van der Waals surface area contributed by atoms with Crippen molar-refractivity contribution in [3.05, 3.63) is 70.5 Å². The van der Waals surface area contributed by atoms with Crippen molar-refractivity contribution in [1.29, 1.82) is 0 Å². The summed E-state index contributed by atoms with van der Waals surface area (Å²) in [6.07, 6.45) is -2.02. The van der Waals surface area contributed by atoms with Gasteiger partial charge in [0.05, 0.1) is 16.3 Å². The van der Waals surface area contributed by atoms with Crippen molar-refractivity contribution in [3.8, 4) is 0 Å². The maximum atomic E-state index is 12.7. The minimum atomic E-state index is -4.53. The number of alkyl halides is 3. The second kappa shape index (κ2) is 6.83. The zero-order valence-electron chi connectivity index (χ0n) is 11.5. The second-order valence-corrected chi connectivity index (χ2v) is 4.97. The van der Waals surface area contributed by atoms with Gasteiger partial charge in [0, 0.05) is 6.08 Å². The Balaban J connectivity index is 2.12. The first-order valence-corrected chi connectivity index (χ1v) is 6.75. The van der Waals surface area contributed by atoms with Gasteiger partial charge in [-0.3, -0.25) is 4.79 Å². The van der Waals surface area contributed by atoms with Gasteiger partial charge < -0.3 is 5.32 Å². The third-order valence-corrected chi connectivity index (χ3v) is 3.18. The Kier molecular flexibility index (Phi) is 5.05. The van der Waals surface area contributed by atoms with Crippen molar-refractivity contribution in [1.82, 2.24) is 0 Å². The van der Waals surface area contributed by atoms with Crippen LogP contribution in [0.3, 0.4) is 0 Å². The van der Waals surface area contributed by atoms with Crippen LogP contribution < -0.4 is 5.32 Å². The maximum absolute atomic E-state index is 12.7. The van der Waals surface area contributed by atoms with Crippen molar-refractivity contribution in [2.24, 2.45) is 0 Å². The second-order valence-electron chi connectivity index (χ2n) is 4.57. The zero-order chi connectivity index (χ0) is 17.0. The molecule has 0 atom stereocenters. The largest absolute Gasteiger partial charge is 0.416 e. The number of hydrogen-bond acceptors (Lipinski definition) is 1. The van der Waals surface area contributed by atoms with E-state index < -0.39 is 23.5 Å². The van der Waals surface area contributed by atoms with E-state index in [0.29, 0.717) is 5.56 Å². The van der Waals surface area contributed by atoms with Crippen LogP contribution in [-0.2, 0) is 11.0 Å². The predicted octanol–water partition coefficient (Wildman–Crippen LogP) is 5.15. The summed E-state index contributed by atoms with van der Waals surface area (Å²) in [7, 11) is 0. The van der Waals surface area contributed by atoms with E-state index in [1.165, 1.54) is 30.3 Å². The molecular formula is C16H10ClF4NO. The standard InChI is InChI=1S/C16H10ClF4NO/c17-13-7-4-11(16(19,20)21)9-14(13)22-15(23)8-3-10-1-5-12(18)6-2-10/h1-9H,(H,22,23). The highest BCUT2D eigenvalue weighted by molar-refractivity contribution is 6.33. The summed E-state index contributed by atoms with van der Waals surface area (Å²) in [4.78, 5) is 11.8. The molecule has 0 fully saturated rings. The summed E-state index contributed by atoms with van der Waals surface area (Å²) in [6.45, 7) is 0. The summed E-state index contributed by atoms with van der Waals surface area (Å²) in [6, 6.07) is 8.00. The molecule has 2 aromatic carbocycles. The monoisotopic (exact) mass is 343 g/mol. The van der Waals surface area contributed by atoms with Gasteiger partial charge in [-0.15, -0.1) is 0 Å². The van der Waals surface area contributed by atoms with Crippen molar-refractivity contribution < 1.29 is 22.4 Å². The molecule has 1 N–H and O–H groups in total. The van der Waals surface area contributed by atoms with Gasteiger partial charge in [0.2, 0.25) is 5.91 Å². The molecule has 2 rings (SSSR count). The average Bonchev–Trinajstić information content (AvgIpc) is 2.48. The Morgan fingerprint density at radius 2 is 1.74 bits per heavy atom. The quantitative estimate of drug-likeness (QED) is 0.606. The Morgan fingerprint density at radius 1 is 1.09 bits per heavy atom. The Bertz CT molecular complexity index is 739. The number of benzene rings is 2. The Morgan fingerprint density at radius 3 is 2.35 bits per heavy atom. The fourth-order valence-electron chi connectivity index (χ4n) is 1.72. The van der Waals surface area contributed by atoms with E-state index in [-0.39, 0.29) is 10.7 Å². The van der Waals surface area contributed by atoms with E-state index in [2.05, 4.69) is 5.32 Å². The lowest BCUT2D eigenvalue weighted by molar-refractivity contribution is -0.137. The summed E-state index contributed by atoms with van der Waals surface area (Å²) in [5.74, 6) is -1.07. The van der Waals surface area contributed by atoms with Gasteiger partial charge in [-0.25, -0.2) is 4.39 Å². The predicted molar refractivity (Wildman–Crippen MR) is 80.5 cm³/mol. The number of hydrogen-bond donors (Lipinski definition) is 1. The van der Waals surface area contributed by atoms with Crippen LogP contribution in [0.4, 0.5) is 23.2 Å². The molecule has 0 aliphatic carbocycles. The molecule has 0 unspecified atom stereocenters. The summed E-state index contributed by atoms with van der Waals surface area (Å²) >= 11 is 5.78. The number of anilines is 1. The molecule has 0 saturated carbocycles. The molecule has 0 bridgehead atoms. The molecule has 0 heterocycles. The minimum Gasteiger partial charge on any atom is -0.321 e. The summed E-state index contributed by atoms with van der Waals surface area (Å²) in [5.41, 5.74) is -0.494. The third kappa shape index (κ3) is 4.82. The molecular weight excluding hydrogens is 334 g/mol. The first kappa shape index (κ1) is 17.0. The number of amides is 1. The molecule has 0 saturated heterocycles. The van der Waals surface area contributed by atoms with Gasteiger partial charge in [0.25, 0.3) is 0 Å². The van der Waals surface area contributed by atoms with Crippen molar-refractivity contribution in [2.75, 3.05) is 5.32 Å². The van der Waals surface area contributed by atoms with Crippen molar-refractivity contribution in [2.45, 2.75) is 6.18 Å². The van der Waals surface area contributed by atoms with Crippen molar-refractivity contribution in [3.63, 3.8) is 0 Å². The number of halogens is 5. The van der Waals surface area contributed by atoms with E-state index in [9.17, 15) is 22.4 Å². The van der Waals surface area contributed by atoms with E-state index >= 15 is 0 Å². The van der Waals surface area contributed by atoms with Crippen LogP contribution in [0.1, 0.15) is 11.1 Å². The SMILES string of the molecule is O=C(C=Cc1ccc(F)cc1)Nc1cc(C(F)(F)F)ccc1Cl. The number of rotatable bonds is 3. The summed E-state index contributed by atoms with van der Waals surface area (Å²) in [5, 5.41) is 2.26. The van der Waals surface area contributed by atoms with Gasteiger partial charge in [-0.05, 0) is 42.0 Å². The Hall–Kier alpha value is -2.34. The third-order valence-electron chi connectivity index (χ3n) is 2.85. The van der Waals surface area contributed by atoms with Crippen LogP contribution in [0.2, 0.25) is 5.02 Å². The van der Waals surface area contributed by atoms with Gasteiger partial charge >= 0.3 is 6.18 Å². The van der Waals surface area contributed by atoms with E-state index in [0.717, 1.165) is 24.3 Å². The molecule has 2 nitrogen and oxygen atoms in total. The van der Waals surface area contributed by atoms with E-state index in [1.54, 1.807) is 0 Å². The lowest BCUT2D eigenvalue weighted by Gasteiger charge is -2.10. The van der Waals surface area contributed by atoms with Crippen LogP contribution >= 0.6 is 11.6 Å². The van der Waals surface area contributed by atoms with Crippen LogP contribution in [0, 0.1) is 5.82 Å². The first-order valence-electron chi connectivity index (χ1n) is 6.37. The topological polar surface area (TPSA) is 29.1 Å². The lowest BCUT2D eigenvalue weighted by atomic mass is 10.2. The fourth-order valence-corrected chi connectivity index (χ4v) is 1.88. The average molecular weight is 344 g/mol. The molecule has 0 spiro atoms. The first-order chi connectivity index (χ1) is 10.8. The van der Waals surface area contributed by atoms with Gasteiger partial charge in [0.1, 0.15) is 5.82 Å². The zero-order valence-corrected chi connectivity index (χ0v) is 12.3. The summed E-state index contributed by atoms with van der Waals surface area (Å²) < 4.78 is 50.7. The van der Waals surface area contributed by atoms with Crippen LogP contribution in [0.15, 0.2) is 48.5 Å². The molecule has 0 aromatic heterocycles. The van der Waals surface area contributed by atoms with Crippen LogP contribution in [0.25, 0.3) is 6.08 Å². The van der Waals surface area contributed by atoms with Gasteiger partial charge in [-0.1, -0.05) is 23.7 Å². The smallest absolute Gasteiger partial charge is 0.321 e. The minimum absolute atomic E-state index is 0.0125. The number of nitrogens with one attached hydrogen (secondary N) is 1. The molecule has 1 amide bonds. The van der Waals surface area contributed by atoms with Gasteiger partial charge in [0.15, 0.2) is 0 Å². The number of carbonyl (C=O) groups excluding carboxylic acids is 1. The normalized spacial score (nSPS) is 11.7.